The first-order chi connectivity index (χ1) is 6.72. The largest absolute Gasteiger partial charge is 0.513 e. The molecule has 15 heavy (non-hydrogen) atoms. The van der Waals surface area contributed by atoms with E-state index in [4.69, 9.17) is 9.99 Å². The van der Waals surface area contributed by atoms with E-state index in [1.807, 2.05) is 0 Å². The number of ether oxygens (including phenoxy) is 1. The van der Waals surface area contributed by atoms with E-state index in [0.29, 0.717) is 0 Å². The summed E-state index contributed by atoms with van der Waals surface area (Å²) in [7, 11) is 0. The van der Waals surface area contributed by atoms with Gasteiger partial charge in [0, 0.05) is 0 Å². The average molecular weight is 218 g/mol. The molecule has 0 rings (SSSR count). The van der Waals surface area contributed by atoms with Gasteiger partial charge in [0.2, 0.25) is 0 Å². The molecule has 0 saturated heterocycles. The first kappa shape index (κ1) is 13.4. The van der Waals surface area contributed by atoms with Gasteiger partial charge in [0.1, 0.15) is 11.9 Å². The SMILES string of the molecule is CC(=COOC(C)(C)C)C(=O)OC(=O)O. The molecule has 0 spiro atoms. The first-order valence-corrected chi connectivity index (χ1v) is 4.19. The quantitative estimate of drug-likeness (QED) is 0.194. The maximum absolute atomic E-state index is 10.9. The minimum Gasteiger partial charge on any atom is -0.449 e. The van der Waals surface area contributed by atoms with Gasteiger partial charge in [0.25, 0.3) is 0 Å². The summed E-state index contributed by atoms with van der Waals surface area (Å²) in [5.74, 6) is -1.000. The lowest BCUT2D eigenvalue weighted by Gasteiger charge is -2.15. The third kappa shape index (κ3) is 7.51. The van der Waals surface area contributed by atoms with E-state index in [-0.39, 0.29) is 5.57 Å². The van der Waals surface area contributed by atoms with Gasteiger partial charge in [-0.15, -0.1) is 0 Å². The van der Waals surface area contributed by atoms with Crippen LogP contribution in [0, 0.1) is 0 Å². The Morgan fingerprint density at radius 3 is 2.20 bits per heavy atom. The molecule has 0 aromatic heterocycles. The summed E-state index contributed by atoms with van der Waals surface area (Å²) in [5, 5.41) is 8.15. The second-order valence-corrected chi connectivity index (χ2v) is 3.75. The average Bonchev–Trinajstić information content (AvgIpc) is 2.00. The van der Waals surface area contributed by atoms with Crippen LogP contribution in [0.25, 0.3) is 0 Å². The Labute approximate surface area is 87.4 Å². The highest BCUT2D eigenvalue weighted by molar-refractivity contribution is 5.93. The van der Waals surface area contributed by atoms with Crippen LogP contribution in [0.2, 0.25) is 0 Å². The molecule has 0 radical (unpaired) electrons. The van der Waals surface area contributed by atoms with Gasteiger partial charge >= 0.3 is 12.1 Å². The van der Waals surface area contributed by atoms with Gasteiger partial charge in [0.15, 0.2) is 0 Å². The topological polar surface area (TPSA) is 82.1 Å². The molecule has 0 fully saturated rings. The molecular weight excluding hydrogens is 204 g/mol. The maximum Gasteiger partial charge on any atom is 0.513 e. The van der Waals surface area contributed by atoms with Crippen LogP contribution in [-0.2, 0) is 19.3 Å². The molecule has 0 unspecified atom stereocenters. The number of carbonyl (C=O) groups excluding carboxylic acids is 1. The summed E-state index contributed by atoms with van der Waals surface area (Å²) in [5.41, 5.74) is -0.533. The highest BCUT2D eigenvalue weighted by atomic mass is 17.2. The van der Waals surface area contributed by atoms with Crippen LogP contribution in [0.5, 0.6) is 0 Å². The predicted octanol–water partition coefficient (Wildman–Crippen LogP) is 1.86. The number of carboxylic acid groups (broad SMARTS) is 1. The number of hydrogen-bond acceptors (Lipinski definition) is 5. The van der Waals surface area contributed by atoms with Crippen LogP contribution < -0.4 is 0 Å². The zero-order valence-corrected chi connectivity index (χ0v) is 9.07. The van der Waals surface area contributed by atoms with Crippen molar-refractivity contribution < 1.29 is 29.2 Å². The highest BCUT2D eigenvalue weighted by Gasteiger charge is 2.13. The molecule has 0 atom stereocenters. The Hall–Kier alpha value is -1.56. The highest BCUT2D eigenvalue weighted by Crippen LogP contribution is 2.08. The Morgan fingerprint density at radius 2 is 1.80 bits per heavy atom. The molecule has 1 N–H and O–H groups in total. The van der Waals surface area contributed by atoms with Gasteiger partial charge in [-0.05, 0) is 27.7 Å². The standard InChI is InChI=1S/C9H14O6/c1-6(7(10)14-8(11)12)5-13-15-9(2,3)4/h5H,1-4H3,(H,11,12). The lowest BCUT2D eigenvalue weighted by Crippen LogP contribution is -2.18. The number of carbonyl (C=O) groups is 2. The van der Waals surface area contributed by atoms with Crippen LogP contribution in [-0.4, -0.2) is 22.8 Å². The molecule has 0 aliphatic carbocycles. The molecular formula is C9H14O6. The molecule has 0 heterocycles. The number of hydrogen-bond donors (Lipinski definition) is 1. The Balaban J connectivity index is 4.09. The third-order valence-electron chi connectivity index (χ3n) is 1.02. The van der Waals surface area contributed by atoms with Crippen molar-refractivity contribution in [1.82, 2.24) is 0 Å². The summed E-state index contributed by atoms with van der Waals surface area (Å²) < 4.78 is 3.87. The van der Waals surface area contributed by atoms with Gasteiger partial charge in [-0.25, -0.2) is 9.59 Å². The minimum absolute atomic E-state index is 0.0124. The first-order valence-electron chi connectivity index (χ1n) is 4.19. The number of rotatable bonds is 3. The van der Waals surface area contributed by atoms with Crippen molar-refractivity contribution in [3.8, 4) is 0 Å². The molecule has 0 bridgehead atoms. The van der Waals surface area contributed by atoms with Crippen molar-refractivity contribution in [3.63, 3.8) is 0 Å². The summed E-state index contributed by atoms with van der Waals surface area (Å²) in [6, 6.07) is 0. The molecule has 0 saturated carbocycles. The molecule has 0 aliphatic heterocycles. The van der Waals surface area contributed by atoms with Crippen LogP contribution in [0.1, 0.15) is 27.7 Å². The van der Waals surface area contributed by atoms with E-state index in [0.717, 1.165) is 6.26 Å². The third-order valence-corrected chi connectivity index (χ3v) is 1.02. The van der Waals surface area contributed by atoms with Crippen LogP contribution in [0.15, 0.2) is 11.8 Å². The Morgan fingerprint density at radius 1 is 1.27 bits per heavy atom. The van der Waals surface area contributed by atoms with Crippen LogP contribution >= 0.6 is 0 Å². The van der Waals surface area contributed by atoms with Crippen LogP contribution in [0.4, 0.5) is 4.79 Å². The van der Waals surface area contributed by atoms with Crippen molar-refractivity contribution in [2.45, 2.75) is 33.3 Å². The number of esters is 1. The molecule has 6 nitrogen and oxygen atoms in total. The van der Waals surface area contributed by atoms with Gasteiger partial charge in [-0.2, -0.15) is 4.89 Å². The summed E-state index contributed by atoms with van der Waals surface area (Å²) >= 11 is 0. The van der Waals surface area contributed by atoms with Crippen LogP contribution in [0.3, 0.4) is 0 Å². The molecule has 6 heteroatoms. The molecule has 0 amide bonds. The Kier molecular flexibility index (Phi) is 4.80. The lowest BCUT2D eigenvalue weighted by atomic mass is 10.2. The normalized spacial score (nSPS) is 12.1. The predicted molar refractivity (Wildman–Crippen MR) is 49.8 cm³/mol. The van der Waals surface area contributed by atoms with Gasteiger partial charge in [-0.1, -0.05) is 0 Å². The van der Waals surface area contributed by atoms with Crippen molar-refractivity contribution in [1.29, 1.82) is 0 Å². The fourth-order valence-corrected chi connectivity index (χ4v) is 0.448. The minimum atomic E-state index is -1.66. The zero-order chi connectivity index (χ0) is 12.1. The lowest BCUT2D eigenvalue weighted by molar-refractivity contribution is -0.310. The van der Waals surface area contributed by atoms with E-state index in [2.05, 4.69) is 9.62 Å². The fraction of sp³-hybridized carbons (Fsp3) is 0.556. The second-order valence-electron chi connectivity index (χ2n) is 3.75. The molecule has 0 aliphatic rings. The smallest absolute Gasteiger partial charge is 0.449 e. The zero-order valence-electron chi connectivity index (χ0n) is 9.07. The van der Waals surface area contributed by atoms with Crippen molar-refractivity contribution in [3.05, 3.63) is 11.8 Å². The fourth-order valence-electron chi connectivity index (χ4n) is 0.448. The van der Waals surface area contributed by atoms with Crippen molar-refractivity contribution >= 4 is 12.1 Å². The van der Waals surface area contributed by atoms with Gasteiger partial charge in [-0.3, -0.25) is 0 Å². The summed E-state index contributed by atoms with van der Waals surface area (Å²) in [6.07, 6.45) is -0.680. The van der Waals surface area contributed by atoms with Crippen molar-refractivity contribution in [2.24, 2.45) is 0 Å². The van der Waals surface area contributed by atoms with Gasteiger partial charge < -0.3 is 14.7 Å². The van der Waals surface area contributed by atoms with E-state index in [9.17, 15) is 9.59 Å². The Bertz CT molecular complexity index is 273. The maximum atomic E-state index is 10.9. The molecule has 0 aromatic carbocycles. The van der Waals surface area contributed by atoms with E-state index < -0.39 is 17.7 Å². The van der Waals surface area contributed by atoms with Gasteiger partial charge in [0.05, 0.1) is 5.57 Å². The second kappa shape index (κ2) is 5.35. The van der Waals surface area contributed by atoms with Crippen molar-refractivity contribution in [2.75, 3.05) is 0 Å². The summed E-state index contributed by atoms with van der Waals surface area (Å²) in [4.78, 5) is 30.3. The monoisotopic (exact) mass is 218 g/mol. The molecule has 86 valence electrons. The summed E-state index contributed by atoms with van der Waals surface area (Å²) in [6.45, 7) is 6.61. The van der Waals surface area contributed by atoms with E-state index >= 15 is 0 Å². The van der Waals surface area contributed by atoms with E-state index in [1.165, 1.54) is 6.92 Å². The van der Waals surface area contributed by atoms with E-state index in [1.54, 1.807) is 20.8 Å². The molecule has 0 aromatic rings.